The number of nitrogens with one attached hydrogen (secondary N) is 3. The molecule has 0 radical (unpaired) electrons. The molecule has 118 valence electrons. The third kappa shape index (κ3) is 3.18. The van der Waals surface area contributed by atoms with Gasteiger partial charge in [-0.15, -0.1) is 0 Å². The Balaban J connectivity index is 1.68. The molecule has 1 aliphatic carbocycles. The highest BCUT2D eigenvalue weighted by molar-refractivity contribution is 6.01. The van der Waals surface area contributed by atoms with Gasteiger partial charge in [-0.3, -0.25) is 4.79 Å². The van der Waals surface area contributed by atoms with Crippen LogP contribution in [0.4, 0.5) is 16.2 Å². The largest absolute Gasteiger partial charge is 0.341 e. The molecule has 5 heteroatoms. The van der Waals surface area contributed by atoms with Gasteiger partial charge >= 0.3 is 6.03 Å². The molecular formula is C18H19N3O2. The van der Waals surface area contributed by atoms with Crippen LogP contribution in [0.3, 0.4) is 0 Å². The highest BCUT2D eigenvalue weighted by Gasteiger charge is 2.51. The Labute approximate surface area is 135 Å². The molecule has 0 spiro atoms. The molecule has 3 rings (SSSR count). The Morgan fingerprint density at radius 1 is 0.870 bits per heavy atom. The van der Waals surface area contributed by atoms with E-state index in [1.54, 1.807) is 31.3 Å². The Morgan fingerprint density at radius 2 is 1.43 bits per heavy atom. The monoisotopic (exact) mass is 309 g/mol. The predicted molar refractivity (Wildman–Crippen MR) is 90.5 cm³/mol. The number of rotatable bonds is 4. The first-order chi connectivity index (χ1) is 11.1. The second-order valence-electron chi connectivity index (χ2n) is 5.68. The topological polar surface area (TPSA) is 70.2 Å². The van der Waals surface area contributed by atoms with Gasteiger partial charge in [-0.2, -0.15) is 0 Å². The minimum atomic E-state index is -0.389. The van der Waals surface area contributed by atoms with Gasteiger partial charge in [0.25, 0.3) is 0 Å². The maximum absolute atomic E-state index is 12.6. The molecule has 0 bridgehead atoms. The van der Waals surface area contributed by atoms with Crippen LogP contribution in [-0.2, 0) is 10.2 Å². The van der Waals surface area contributed by atoms with Crippen LogP contribution in [0.1, 0.15) is 18.4 Å². The summed E-state index contributed by atoms with van der Waals surface area (Å²) in [5.74, 6) is 0.0238. The lowest BCUT2D eigenvalue weighted by atomic mass is 9.95. The highest BCUT2D eigenvalue weighted by Crippen LogP contribution is 2.48. The van der Waals surface area contributed by atoms with Crippen LogP contribution in [-0.4, -0.2) is 19.0 Å². The van der Waals surface area contributed by atoms with Crippen LogP contribution < -0.4 is 16.0 Å². The summed E-state index contributed by atoms with van der Waals surface area (Å²) < 4.78 is 0. The van der Waals surface area contributed by atoms with Crippen molar-refractivity contribution >= 4 is 23.3 Å². The van der Waals surface area contributed by atoms with Gasteiger partial charge in [0, 0.05) is 18.4 Å². The lowest BCUT2D eigenvalue weighted by Crippen LogP contribution is -2.27. The number of carbonyl (C=O) groups is 2. The molecule has 0 heterocycles. The Kier molecular flexibility index (Phi) is 4.02. The van der Waals surface area contributed by atoms with Crippen LogP contribution in [0.2, 0.25) is 0 Å². The summed E-state index contributed by atoms with van der Waals surface area (Å²) >= 11 is 0. The molecule has 2 aromatic carbocycles. The molecular weight excluding hydrogens is 290 g/mol. The molecule has 2 aromatic rings. The van der Waals surface area contributed by atoms with E-state index in [0.29, 0.717) is 5.69 Å². The number of hydrogen-bond acceptors (Lipinski definition) is 2. The van der Waals surface area contributed by atoms with Crippen molar-refractivity contribution in [2.75, 3.05) is 17.7 Å². The number of hydrogen-bond donors (Lipinski definition) is 3. The molecule has 0 aromatic heterocycles. The molecule has 1 aliphatic rings. The van der Waals surface area contributed by atoms with Gasteiger partial charge < -0.3 is 16.0 Å². The van der Waals surface area contributed by atoms with Crippen molar-refractivity contribution in [2.45, 2.75) is 18.3 Å². The minimum absolute atomic E-state index is 0.0238. The van der Waals surface area contributed by atoms with E-state index < -0.39 is 0 Å². The highest BCUT2D eigenvalue weighted by atomic mass is 16.2. The normalized spacial score (nSPS) is 14.7. The Bertz CT molecular complexity index is 707. The van der Waals surface area contributed by atoms with Crippen molar-refractivity contribution in [3.63, 3.8) is 0 Å². The molecule has 3 amide bonds. The van der Waals surface area contributed by atoms with Gasteiger partial charge in [-0.05, 0) is 42.7 Å². The van der Waals surface area contributed by atoms with Crippen molar-refractivity contribution in [1.29, 1.82) is 0 Å². The maximum Gasteiger partial charge on any atom is 0.318 e. The van der Waals surface area contributed by atoms with E-state index in [-0.39, 0.29) is 17.4 Å². The number of anilines is 2. The quantitative estimate of drug-likeness (QED) is 0.812. The zero-order valence-corrected chi connectivity index (χ0v) is 12.9. The molecule has 3 N–H and O–H groups in total. The van der Waals surface area contributed by atoms with Crippen LogP contribution in [0.15, 0.2) is 54.6 Å². The molecule has 1 saturated carbocycles. The minimum Gasteiger partial charge on any atom is -0.341 e. The van der Waals surface area contributed by atoms with Gasteiger partial charge in [0.2, 0.25) is 5.91 Å². The van der Waals surface area contributed by atoms with Crippen LogP contribution >= 0.6 is 0 Å². The first-order valence-corrected chi connectivity index (χ1v) is 7.60. The molecule has 0 unspecified atom stereocenters. The van der Waals surface area contributed by atoms with Crippen molar-refractivity contribution in [3.05, 3.63) is 60.2 Å². The first kappa shape index (κ1) is 15.1. The van der Waals surface area contributed by atoms with Crippen molar-refractivity contribution in [3.8, 4) is 0 Å². The number of amides is 3. The van der Waals surface area contributed by atoms with Crippen molar-refractivity contribution in [1.82, 2.24) is 5.32 Å². The van der Waals surface area contributed by atoms with Gasteiger partial charge in [-0.1, -0.05) is 30.3 Å². The number of carbonyl (C=O) groups excluding carboxylic acids is 2. The summed E-state index contributed by atoms with van der Waals surface area (Å²) in [7, 11) is 1.56. The van der Waals surface area contributed by atoms with Crippen molar-refractivity contribution in [2.24, 2.45) is 0 Å². The van der Waals surface area contributed by atoms with Crippen LogP contribution in [0.5, 0.6) is 0 Å². The molecule has 23 heavy (non-hydrogen) atoms. The zero-order chi connectivity index (χ0) is 16.3. The standard InChI is InChI=1S/C18H19N3O2/c1-19-17(23)21-15-9-7-14(8-10-15)20-16(22)18(11-12-18)13-5-3-2-4-6-13/h2-10H,11-12H2,1H3,(H,20,22)(H2,19,21,23). The second-order valence-corrected chi connectivity index (χ2v) is 5.68. The lowest BCUT2D eigenvalue weighted by Gasteiger charge is -2.16. The van der Waals surface area contributed by atoms with Gasteiger partial charge in [0.05, 0.1) is 5.41 Å². The third-order valence-corrected chi connectivity index (χ3v) is 4.14. The fourth-order valence-corrected chi connectivity index (χ4v) is 2.61. The summed E-state index contributed by atoms with van der Waals surface area (Å²) in [5.41, 5.74) is 2.07. The fraction of sp³-hybridized carbons (Fsp3) is 0.222. The van der Waals surface area contributed by atoms with Crippen molar-refractivity contribution < 1.29 is 9.59 Å². The summed E-state index contributed by atoms with van der Waals surface area (Å²) in [6, 6.07) is 16.7. The molecule has 0 aliphatic heterocycles. The zero-order valence-electron chi connectivity index (χ0n) is 12.9. The van der Waals surface area contributed by atoms with Crippen LogP contribution in [0, 0.1) is 0 Å². The Hall–Kier alpha value is -2.82. The summed E-state index contributed by atoms with van der Waals surface area (Å²) in [6.45, 7) is 0. The van der Waals surface area contributed by atoms with Gasteiger partial charge in [0.15, 0.2) is 0 Å². The van der Waals surface area contributed by atoms with E-state index in [4.69, 9.17) is 0 Å². The predicted octanol–water partition coefficient (Wildman–Crippen LogP) is 3.11. The van der Waals surface area contributed by atoms with E-state index in [9.17, 15) is 9.59 Å². The average Bonchev–Trinajstić information content (AvgIpc) is 3.39. The maximum atomic E-state index is 12.6. The summed E-state index contributed by atoms with van der Waals surface area (Å²) in [5, 5.41) is 8.14. The molecule has 0 atom stereocenters. The van der Waals surface area contributed by atoms with E-state index in [1.807, 2.05) is 30.3 Å². The van der Waals surface area contributed by atoms with Crippen LogP contribution in [0.25, 0.3) is 0 Å². The lowest BCUT2D eigenvalue weighted by molar-refractivity contribution is -0.118. The van der Waals surface area contributed by atoms with E-state index in [1.165, 1.54) is 0 Å². The average molecular weight is 309 g/mol. The van der Waals surface area contributed by atoms with E-state index in [0.717, 1.165) is 24.1 Å². The fourth-order valence-electron chi connectivity index (χ4n) is 2.61. The SMILES string of the molecule is CNC(=O)Nc1ccc(NC(=O)C2(c3ccccc3)CC2)cc1. The summed E-state index contributed by atoms with van der Waals surface area (Å²) in [6.07, 6.45) is 1.75. The van der Waals surface area contributed by atoms with Gasteiger partial charge in [-0.25, -0.2) is 4.79 Å². The molecule has 1 fully saturated rings. The van der Waals surface area contributed by atoms with E-state index >= 15 is 0 Å². The smallest absolute Gasteiger partial charge is 0.318 e. The van der Waals surface area contributed by atoms with E-state index in [2.05, 4.69) is 16.0 Å². The Morgan fingerprint density at radius 3 is 1.96 bits per heavy atom. The number of benzene rings is 2. The number of urea groups is 1. The molecule has 5 nitrogen and oxygen atoms in total. The first-order valence-electron chi connectivity index (χ1n) is 7.60. The molecule has 0 saturated heterocycles. The summed E-state index contributed by atoms with van der Waals surface area (Å²) in [4.78, 5) is 23.9. The van der Waals surface area contributed by atoms with Gasteiger partial charge in [0.1, 0.15) is 0 Å². The third-order valence-electron chi connectivity index (χ3n) is 4.14. The second kappa shape index (κ2) is 6.12.